The van der Waals surface area contributed by atoms with Crippen molar-refractivity contribution in [2.24, 2.45) is 0 Å². The molecule has 2 aromatic rings. The number of fused-ring (bicyclic) bond motifs is 2. The summed E-state index contributed by atoms with van der Waals surface area (Å²) in [6.45, 7) is 4.83. The monoisotopic (exact) mass is 396 g/mol. The number of anilines is 1. The summed E-state index contributed by atoms with van der Waals surface area (Å²) in [5.41, 5.74) is 1.73. The summed E-state index contributed by atoms with van der Waals surface area (Å²) in [6.07, 6.45) is 0.797. The van der Waals surface area contributed by atoms with Crippen molar-refractivity contribution >= 4 is 17.5 Å². The van der Waals surface area contributed by atoms with Gasteiger partial charge in [-0.3, -0.25) is 9.59 Å². The summed E-state index contributed by atoms with van der Waals surface area (Å²) < 4.78 is 17.3. The third kappa shape index (κ3) is 3.99. The third-order valence-electron chi connectivity index (χ3n) is 4.94. The lowest BCUT2D eigenvalue weighted by Gasteiger charge is -2.18. The molecule has 0 radical (unpaired) electrons. The molecule has 0 aromatic heterocycles. The molecule has 0 bridgehead atoms. The van der Waals surface area contributed by atoms with E-state index in [1.54, 1.807) is 36.2 Å². The van der Waals surface area contributed by atoms with Crippen LogP contribution in [0, 0.1) is 0 Å². The van der Waals surface area contributed by atoms with Gasteiger partial charge in [0.15, 0.2) is 18.1 Å². The second kappa shape index (κ2) is 7.31. The van der Waals surface area contributed by atoms with Crippen LogP contribution in [0.1, 0.15) is 29.8 Å². The number of carbonyl (C=O) groups excluding carboxylic acids is 2. The highest BCUT2D eigenvalue weighted by Gasteiger charge is 2.32. The van der Waals surface area contributed by atoms with E-state index in [1.165, 1.54) is 0 Å². The first kappa shape index (κ1) is 19.1. The van der Waals surface area contributed by atoms with Gasteiger partial charge in [0, 0.05) is 24.7 Å². The summed E-state index contributed by atoms with van der Waals surface area (Å²) >= 11 is 0. The number of para-hydroxylation sites is 1. The Kier molecular flexibility index (Phi) is 4.82. The summed E-state index contributed by atoms with van der Waals surface area (Å²) in [4.78, 5) is 26.4. The molecule has 2 heterocycles. The number of rotatable bonds is 4. The van der Waals surface area contributed by atoms with Crippen LogP contribution in [0.4, 0.5) is 5.69 Å². The molecular formula is C22H24N2O5. The van der Waals surface area contributed by atoms with Gasteiger partial charge in [-0.25, -0.2) is 0 Å². The zero-order valence-electron chi connectivity index (χ0n) is 16.8. The van der Waals surface area contributed by atoms with E-state index in [0.717, 1.165) is 12.0 Å². The molecule has 0 unspecified atom stereocenters. The smallest absolute Gasteiger partial charge is 0.262 e. The Morgan fingerprint density at radius 1 is 1.28 bits per heavy atom. The minimum Gasteiger partial charge on any atom is -0.491 e. The van der Waals surface area contributed by atoms with Crippen LogP contribution in [0.25, 0.3) is 0 Å². The number of benzene rings is 2. The Balaban J connectivity index is 1.42. The number of nitrogens with zero attached hydrogens (tertiary/aromatic N) is 1. The standard InChI is InChI=1S/C22H24N2O5/c1-22(2)12-14-5-4-6-18(20(14)29-22)28-13-19(25)23-15-7-8-17-16(11-15)21(26)24(3)9-10-27-17/h4-8,11H,9-10,12-13H2,1-3H3,(H,23,25). The maximum Gasteiger partial charge on any atom is 0.262 e. The SMILES string of the molecule is CN1CCOc2ccc(NC(=O)COc3cccc4c3OC(C)(C)C4)cc2C1=O. The van der Waals surface area contributed by atoms with Gasteiger partial charge in [0.05, 0.1) is 12.1 Å². The third-order valence-corrected chi connectivity index (χ3v) is 4.94. The van der Waals surface area contributed by atoms with Crippen molar-refractivity contribution in [1.29, 1.82) is 0 Å². The van der Waals surface area contributed by atoms with Crippen molar-refractivity contribution < 1.29 is 23.8 Å². The lowest BCUT2D eigenvalue weighted by Crippen LogP contribution is -2.28. The maximum absolute atomic E-state index is 12.4. The van der Waals surface area contributed by atoms with Gasteiger partial charge in [-0.2, -0.15) is 0 Å². The highest BCUT2D eigenvalue weighted by atomic mass is 16.5. The van der Waals surface area contributed by atoms with Gasteiger partial charge in [0.1, 0.15) is 18.0 Å². The molecule has 2 amide bonds. The fourth-order valence-corrected chi connectivity index (χ4v) is 3.54. The number of ether oxygens (including phenoxy) is 3. The first-order valence-corrected chi connectivity index (χ1v) is 9.58. The minimum atomic E-state index is -0.324. The summed E-state index contributed by atoms with van der Waals surface area (Å²) in [7, 11) is 1.72. The number of carbonyl (C=O) groups is 2. The Labute approximate surface area is 169 Å². The van der Waals surface area contributed by atoms with E-state index in [9.17, 15) is 9.59 Å². The van der Waals surface area contributed by atoms with Crippen LogP contribution < -0.4 is 19.5 Å². The van der Waals surface area contributed by atoms with Gasteiger partial charge in [-0.1, -0.05) is 12.1 Å². The molecule has 0 aliphatic carbocycles. The zero-order valence-corrected chi connectivity index (χ0v) is 16.8. The fraction of sp³-hybridized carbons (Fsp3) is 0.364. The van der Waals surface area contributed by atoms with E-state index in [4.69, 9.17) is 14.2 Å². The van der Waals surface area contributed by atoms with E-state index in [1.807, 2.05) is 26.0 Å². The lowest BCUT2D eigenvalue weighted by atomic mass is 10.0. The van der Waals surface area contributed by atoms with Crippen LogP contribution in [0.3, 0.4) is 0 Å². The van der Waals surface area contributed by atoms with Gasteiger partial charge >= 0.3 is 0 Å². The number of nitrogens with one attached hydrogen (secondary N) is 1. The quantitative estimate of drug-likeness (QED) is 0.860. The normalized spacial score (nSPS) is 16.8. The number of hydrogen-bond donors (Lipinski definition) is 1. The van der Waals surface area contributed by atoms with E-state index >= 15 is 0 Å². The van der Waals surface area contributed by atoms with Crippen LogP contribution >= 0.6 is 0 Å². The summed E-state index contributed by atoms with van der Waals surface area (Å²) in [5.74, 6) is 1.31. The van der Waals surface area contributed by atoms with Crippen molar-refractivity contribution in [2.45, 2.75) is 25.9 Å². The topological polar surface area (TPSA) is 77.1 Å². The van der Waals surface area contributed by atoms with Crippen molar-refractivity contribution in [3.63, 3.8) is 0 Å². The maximum atomic E-state index is 12.4. The van der Waals surface area contributed by atoms with Crippen molar-refractivity contribution in [1.82, 2.24) is 4.90 Å². The van der Waals surface area contributed by atoms with Crippen molar-refractivity contribution in [2.75, 3.05) is 32.1 Å². The first-order valence-electron chi connectivity index (χ1n) is 9.58. The largest absolute Gasteiger partial charge is 0.491 e. The van der Waals surface area contributed by atoms with E-state index in [2.05, 4.69) is 5.32 Å². The second-order valence-electron chi connectivity index (χ2n) is 7.91. The van der Waals surface area contributed by atoms with Crippen LogP contribution in [-0.4, -0.2) is 49.1 Å². The minimum absolute atomic E-state index is 0.135. The van der Waals surface area contributed by atoms with Crippen LogP contribution in [0.5, 0.6) is 17.2 Å². The molecule has 0 saturated carbocycles. The molecular weight excluding hydrogens is 372 g/mol. The Morgan fingerprint density at radius 3 is 2.93 bits per heavy atom. The lowest BCUT2D eigenvalue weighted by molar-refractivity contribution is -0.118. The van der Waals surface area contributed by atoms with Gasteiger partial charge in [-0.15, -0.1) is 0 Å². The first-order chi connectivity index (χ1) is 13.8. The predicted molar refractivity (Wildman–Crippen MR) is 108 cm³/mol. The molecule has 4 rings (SSSR count). The van der Waals surface area contributed by atoms with Gasteiger partial charge in [0.2, 0.25) is 0 Å². The number of hydrogen-bond acceptors (Lipinski definition) is 5. The molecule has 7 heteroatoms. The molecule has 0 fully saturated rings. The number of likely N-dealkylation sites (N-methyl/N-ethyl adjacent to an activating group) is 1. The summed E-state index contributed by atoms with van der Waals surface area (Å²) in [6, 6.07) is 10.7. The van der Waals surface area contributed by atoms with Gasteiger partial charge in [-0.05, 0) is 38.1 Å². The molecule has 2 aromatic carbocycles. The van der Waals surface area contributed by atoms with Gasteiger partial charge in [0.25, 0.3) is 11.8 Å². The number of amides is 2. The van der Waals surface area contributed by atoms with E-state index in [0.29, 0.717) is 41.7 Å². The molecule has 0 atom stereocenters. The molecule has 0 saturated heterocycles. The molecule has 2 aliphatic rings. The molecule has 7 nitrogen and oxygen atoms in total. The zero-order chi connectivity index (χ0) is 20.6. The van der Waals surface area contributed by atoms with E-state index < -0.39 is 0 Å². The van der Waals surface area contributed by atoms with Gasteiger partial charge < -0.3 is 24.4 Å². The fourth-order valence-electron chi connectivity index (χ4n) is 3.54. The average Bonchev–Trinajstić information content (AvgIpc) is 2.93. The Morgan fingerprint density at radius 2 is 2.10 bits per heavy atom. The molecule has 1 N–H and O–H groups in total. The molecule has 29 heavy (non-hydrogen) atoms. The second-order valence-corrected chi connectivity index (χ2v) is 7.91. The highest BCUT2D eigenvalue weighted by molar-refractivity contribution is 5.99. The van der Waals surface area contributed by atoms with Crippen molar-refractivity contribution in [3.8, 4) is 17.2 Å². The van der Waals surface area contributed by atoms with E-state index in [-0.39, 0.29) is 24.0 Å². The average molecular weight is 396 g/mol. The highest BCUT2D eigenvalue weighted by Crippen LogP contribution is 2.41. The molecule has 0 spiro atoms. The Bertz CT molecular complexity index is 970. The van der Waals surface area contributed by atoms with Crippen molar-refractivity contribution in [3.05, 3.63) is 47.5 Å². The molecule has 2 aliphatic heterocycles. The van der Waals surface area contributed by atoms with Crippen LogP contribution in [-0.2, 0) is 11.2 Å². The van der Waals surface area contributed by atoms with Crippen LogP contribution in [0.15, 0.2) is 36.4 Å². The predicted octanol–water partition coefficient (Wildman–Crippen LogP) is 2.88. The summed E-state index contributed by atoms with van der Waals surface area (Å²) in [5, 5.41) is 2.77. The molecule has 152 valence electrons. The van der Waals surface area contributed by atoms with Crippen LogP contribution in [0.2, 0.25) is 0 Å². The Hall–Kier alpha value is -3.22.